The molecular formula is C14H11BrF2N4. The van der Waals surface area contributed by atoms with Gasteiger partial charge in [0.15, 0.2) is 17.3 Å². The van der Waals surface area contributed by atoms with Gasteiger partial charge in [-0.1, -0.05) is 12.1 Å². The van der Waals surface area contributed by atoms with Crippen molar-refractivity contribution in [3.05, 3.63) is 58.3 Å². The maximum absolute atomic E-state index is 13.8. The van der Waals surface area contributed by atoms with E-state index in [0.29, 0.717) is 11.5 Å². The zero-order valence-corrected chi connectivity index (χ0v) is 12.6. The molecule has 108 valence electrons. The van der Waals surface area contributed by atoms with E-state index in [1.165, 1.54) is 6.07 Å². The van der Waals surface area contributed by atoms with E-state index in [2.05, 4.69) is 31.3 Å². The van der Waals surface area contributed by atoms with Gasteiger partial charge in [-0.05, 0) is 35.0 Å². The molecule has 4 nitrogen and oxygen atoms in total. The molecule has 0 aliphatic heterocycles. The van der Waals surface area contributed by atoms with Gasteiger partial charge in [0, 0.05) is 11.8 Å². The summed E-state index contributed by atoms with van der Waals surface area (Å²) in [6.45, 7) is 1.75. The Morgan fingerprint density at radius 1 is 1.29 bits per heavy atom. The van der Waals surface area contributed by atoms with Gasteiger partial charge in [0.2, 0.25) is 0 Å². The second-order valence-electron chi connectivity index (χ2n) is 4.58. The molecule has 0 spiro atoms. The Labute approximate surface area is 127 Å². The van der Waals surface area contributed by atoms with Crippen LogP contribution in [0.4, 0.5) is 14.6 Å². The number of nitrogens with zero attached hydrogens (tertiary/aromatic N) is 3. The zero-order chi connectivity index (χ0) is 15.0. The largest absolute Gasteiger partial charge is 0.363 e. The Balaban J connectivity index is 1.90. The van der Waals surface area contributed by atoms with Crippen LogP contribution in [-0.4, -0.2) is 14.6 Å². The van der Waals surface area contributed by atoms with Gasteiger partial charge < -0.3 is 5.32 Å². The lowest BCUT2D eigenvalue weighted by molar-refractivity contribution is 0.494. The Morgan fingerprint density at radius 3 is 2.90 bits per heavy atom. The number of rotatable bonds is 3. The van der Waals surface area contributed by atoms with E-state index in [9.17, 15) is 8.78 Å². The van der Waals surface area contributed by atoms with E-state index in [1.54, 1.807) is 36.0 Å². The van der Waals surface area contributed by atoms with Crippen LogP contribution in [0.25, 0.3) is 5.65 Å². The molecule has 21 heavy (non-hydrogen) atoms. The van der Waals surface area contributed by atoms with Crippen LogP contribution < -0.4 is 5.32 Å². The summed E-state index contributed by atoms with van der Waals surface area (Å²) in [4.78, 5) is 4.38. The third kappa shape index (κ3) is 2.61. The average Bonchev–Trinajstić information content (AvgIpc) is 2.83. The maximum atomic E-state index is 13.8. The lowest BCUT2D eigenvalue weighted by Gasteiger charge is -2.16. The maximum Gasteiger partial charge on any atom is 0.171 e. The molecule has 0 radical (unpaired) electrons. The minimum Gasteiger partial charge on any atom is -0.363 e. The summed E-state index contributed by atoms with van der Waals surface area (Å²) in [5.41, 5.74) is 0.899. The lowest BCUT2D eigenvalue weighted by atomic mass is 10.1. The van der Waals surface area contributed by atoms with Crippen molar-refractivity contribution in [2.75, 3.05) is 5.32 Å². The van der Waals surface area contributed by atoms with Gasteiger partial charge in [0.05, 0.1) is 16.7 Å². The highest BCUT2D eigenvalue weighted by Crippen LogP contribution is 2.23. The van der Waals surface area contributed by atoms with Crippen molar-refractivity contribution in [2.24, 2.45) is 0 Å². The van der Waals surface area contributed by atoms with Crippen molar-refractivity contribution in [2.45, 2.75) is 13.0 Å². The smallest absolute Gasteiger partial charge is 0.171 e. The normalized spacial score (nSPS) is 12.6. The van der Waals surface area contributed by atoms with E-state index >= 15 is 0 Å². The van der Waals surface area contributed by atoms with Crippen molar-refractivity contribution < 1.29 is 8.78 Å². The number of hydrogen-bond acceptors (Lipinski definition) is 3. The molecule has 1 aromatic carbocycles. The Hall–Kier alpha value is -2.02. The summed E-state index contributed by atoms with van der Waals surface area (Å²) >= 11 is 3.35. The fraction of sp³-hybridized carbons (Fsp3) is 0.143. The first-order valence-electron chi connectivity index (χ1n) is 6.26. The molecule has 1 unspecified atom stereocenters. The van der Waals surface area contributed by atoms with Crippen molar-refractivity contribution in [1.82, 2.24) is 14.6 Å². The zero-order valence-electron chi connectivity index (χ0n) is 11.0. The van der Waals surface area contributed by atoms with Gasteiger partial charge in [0.1, 0.15) is 5.82 Å². The summed E-state index contributed by atoms with van der Waals surface area (Å²) in [5.74, 6) is -1.15. The summed E-state index contributed by atoms with van der Waals surface area (Å²) in [5, 5.41) is 7.15. The highest BCUT2D eigenvalue weighted by atomic mass is 79.9. The van der Waals surface area contributed by atoms with Gasteiger partial charge in [-0.3, -0.25) is 0 Å². The molecule has 7 heteroatoms. The SMILES string of the molecule is CC(Nc1ccn2ncc(Br)c2n1)c1cccc(F)c1F. The van der Waals surface area contributed by atoms with E-state index in [1.807, 2.05) is 0 Å². The molecule has 2 aromatic heterocycles. The average molecular weight is 353 g/mol. The van der Waals surface area contributed by atoms with E-state index < -0.39 is 17.7 Å². The lowest BCUT2D eigenvalue weighted by Crippen LogP contribution is -2.11. The quantitative estimate of drug-likeness (QED) is 0.776. The van der Waals surface area contributed by atoms with Crippen LogP contribution >= 0.6 is 15.9 Å². The number of benzene rings is 1. The van der Waals surface area contributed by atoms with Crippen LogP contribution in [0.15, 0.2) is 41.1 Å². The fourth-order valence-electron chi connectivity index (χ4n) is 2.08. The Morgan fingerprint density at radius 2 is 2.10 bits per heavy atom. The van der Waals surface area contributed by atoms with Crippen LogP contribution in [0.3, 0.4) is 0 Å². The van der Waals surface area contributed by atoms with Crippen LogP contribution in [0.5, 0.6) is 0 Å². The van der Waals surface area contributed by atoms with E-state index in [4.69, 9.17) is 0 Å². The van der Waals surface area contributed by atoms with Crippen molar-refractivity contribution in [1.29, 1.82) is 0 Å². The van der Waals surface area contributed by atoms with Gasteiger partial charge >= 0.3 is 0 Å². The summed E-state index contributed by atoms with van der Waals surface area (Å²) in [6.07, 6.45) is 3.38. The third-order valence-corrected chi connectivity index (χ3v) is 3.70. The Kier molecular flexibility index (Phi) is 3.59. The second-order valence-corrected chi connectivity index (χ2v) is 5.44. The van der Waals surface area contributed by atoms with Gasteiger partial charge in [-0.25, -0.2) is 18.3 Å². The molecule has 0 saturated carbocycles. The van der Waals surface area contributed by atoms with Crippen LogP contribution in [0.1, 0.15) is 18.5 Å². The molecule has 3 aromatic rings. The first kappa shape index (κ1) is 13.9. The van der Waals surface area contributed by atoms with Crippen LogP contribution in [-0.2, 0) is 0 Å². The highest BCUT2D eigenvalue weighted by molar-refractivity contribution is 9.10. The Bertz CT molecular complexity index is 803. The summed E-state index contributed by atoms with van der Waals surface area (Å²) < 4.78 is 29.4. The molecule has 2 heterocycles. The molecule has 0 aliphatic carbocycles. The van der Waals surface area contributed by atoms with Crippen LogP contribution in [0, 0.1) is 11.6 Å². The monoisotopic (exact) mass is 352 g/mol. The number of hydrogen-bond donors (Lipinski definition) is 1. The van der Waals surface area contributed by atoms with Gasteiger partial charge in [-0.15, -0.1) is 0 Å². The number of aromatic nitrogens is 3. The van der Waals surface area contributed by atoms with E-state index in [0.717, 1.165) is 10.5 Å². The molecule has 0 bridgehead atoms. The molecule has 1 N–H and O–H groups in total. The standard InChI is InChI=1S/C14H11BrF2N4/c1-8(9-3-2-4-11(16)13(9)17)19-12-5-6-21-14(20-12)10(15)7-18-21/h2-8H,1H3,(H,19,20). The first-order valence-corrected chi connectivity index (χ1v) is 7.06. The predicted molar refractivity (Wildman–Crippen MR) is 79.1 cm³/mol. The predicted octanol–water partition coefficient (Wildman–Crippen LogP) is 3.94. The molecule has 0 aliphatic rings. The van der Waals surface area contributed by atoms with Crippen molar-refractivity contribution >= 4 is 27.4 Å². The minimum absolute atomic E-state index is 0.254. The molecule has 0 amide bonds. The molecule has 0 saturated heterocycles. The molecule has 3 rings (SSSR count). The summed E-state index contributed by atoms with van der Waals surface area (Å²) in [7, 11) is 0. The first-order chi connectivity index (χ1) is 10.1. The summed E-state index contributed by atoms with van der Waals surface area (Å²) in [6, 6.07) is 5.43. The van der Waals surface area contributed by atoms with Crippen molar-refractivity contribution in [3.8, 4) is 0 Å². The molecule has 0 fully saturated rings. The fourth-order valence-corrected chi connectivity index (χ4v) is 2.44. The second kappa shape index (κ2) is 5.40. The third-order valence-electron chi connectivity index (χ3n) is 3.14. The van der Waals surface area contributed by atoms with E-state index in [-0.39, 0.29) is 5.56 Å². The number of anilines is 1. The van der Waals surface area contributed by atoms with Gasteiger partial charge in [0.25, 0.3) is 0 Å². The van der Waals surface area contributed by atoms with Gasteiger partial charge in [-0.2, -0.15) is 5.10 Å². The number of nitrogens with one attached hydrogen (secondary N) is 1. The number of fused-ring (bicyclic) bond motifs is 1. The van der Waals surface area contributed by atoms with Crippen molar-refractivity contribution in [3.63, 3.8) is 0 Å². The van der Waals surface area contributed by atoms with Crippen LogP contribution in [0.2, 0.25) is 0 Å². The minimum atomic E-state index is -0.858. The molecule has 1 atom stereocenters. The highest BCUT2D eigenvalue weighted by Gasteiger charge is 2.15. The molecular weight excluding hydrogens is 342 g/mol. The topological polar surface area (TPSA) is 42.2 Å². The number of halogens is 3.